The number of aromatic amines is 1. The Morgan fingerprint density at radius 3 is 2.81 bits per heavy atom. The van der Waals surface area contributed by atoms with E-state index in [1.807, 2.05) is 30.3 Å². The molecule has 0 unspecified atom stereocenters. The Hall–Kier alpha value is -2.77. The molecule has 0 fully saturated rings. The van der Waals surface area contributed by atoms with Crippen molar-refractivity contribution in [2.45, 2.75) is 57.5 Å². The first-order valence-corrected chi connectivity index (χ1v) is 12.9. The van der Waals surface area contributed by atoms with Gasteiger partial charge in [-0.3, -0.25) is 0 Å². The maximum atomic E-state index is 14.0. The summed E-state index contributed by atoms with van der Waals surface area (Å²) in [5.74, 6) is 0.658. The summed E-state index contributed by atoms with van der Waals surface area (Å²) in [4.78, 5) is 23.0. The van der Waals surface area contributed by atoms with Crippen LogP contribution >= 0.6 is 0 Å². The second-order valence-electron chi connectivity index (χ2n) is 10.4. The average molecular weight is 496 g/mol. The minimum absolute atomic E-state index is 0.00777. The number of aryl methyl sites for hydroxylation is 2. The van der Waals surface area contributed by atoms with E-state index < -0.39 is 5.60 Å². The number of fused-ring (bicyclic) bond motifs is 2. The number of carbonyl (C=O) groups is 1. The SMILES string of the molecule is COCC(=O)O[C@]1(CCN(C)CCCc2nc3ccccc3[nH]2)CCc2cc(F)ccc2[C@H]1C(C)C. The smallest absolute Gasteiger partial charge is 0.332 e. The summed E-state index contributed by atoms with van der Waals surface area (Å²) in [6.45, 7) is 5.93. The number of esters is 1. The van der Waals surface area contributed by atoms with Crippen molar-refractivity contribution < 1.29 is 18.7 Å². The molecular weight excluding hydrogens is 457 g/mol. The largest absolute Gasteiger partial charge is 0.457 e. The highest BCUT2D eigenvalue weighted by atomic mass is 19.1. The van der Waals surface area contributed by atoms with Gasteiger partial charge in [0.25, 0.3) is 0 Å². The van der Waals surface area contributed by atoms with Gasteiger partial charge in [-0.1, -0.05) is 32.0 Å². The summed E-state index contributed by atoms with van der Waals surface area (Å²) >= 11 is 0. The molecule has 1 aliphatic carbocycles. The Morgan fingerprint density at radius 2 is 2.06 bits per heavy atom. The zero-order chi connectivity index (χ0) is 25.7. The van der Waals surface area contributed by atoms with E-state index in [2.05, 4.69) is 35.8 Å². The molecule has 1 aliphatic rings. The van der Waals surface area contributed by atoms with Crippen LogP contribution in [0.1, 0.15) is 56.0 Å². The fourth-order valence-corrected chi connectivity index (χ4v) is 5.80. The Bertz CT molecular complexity index is 1140. The van der Waals surface area contributed by atoms with Crippen LogP contribution in [0.25, 0.3) is 11.0 Å². The Balaban J connectivity index is 1.44. The third-order valence-corrected chi connectivity index (χ3v) is 7.38. The first kappa shape index (κ1) is 26.3. The zero-order valence-corrected chi connectivity index (χ0v) is 21.9. The number of methoxy groups -OCH3 is 1. The number of aromatic nitrogens is 2. The number of H-pyrrole nitrogens is 1. The fourth-order valence-electron chi connectivity index (χ4n) is 5.80. The highest BCUT2D eigenvalue weighted by molar-refractivity contribution is 5.74. The van der Waals surface area contributed by atoms with Crippen molar-refractivity contribution in [2.75, 3.05) is 33.9 Å². The summed E-state index contributed by atoms with van der Waals surface area (Å²) in [5, 5.41) is 0. The molecule has 2 aromatic carbocycles. The third kappa shape index (κ3) is 5.95. The lowest BCUT2D eigenvalue weighted by Gasteiger charge is -2.47. The number of hydrogen-bond donors (Lipinski definition) is 1. The molecule has 0 spiro atoms. The lowest BCUT2D eigenvalue weighted by atomic mass is 9.65. The van der Waals surface area contributed by atoms with Crippen molar-refractivity contribution in [2.24, 2.45) is 5.92 Å². The maximum Gasteiger partial charge on any atom is 0.332 e. The zero-order valence-electron chi connectivity index (χ0n) is 21.9. The molecule has 0 bridgehead atoms. The molecule has 7 heteroatoms. The fraction of sp³-hybridized carbons (Fsp3) is 0.517. The lowest BCUT2D eigenvalue weighted by molar-refractivity contribution is -0.172. The van der Waals surface area contributed by atoms with E-state index in [4.69, 9.17) is 9.47 Å². The Kier molecular flexibility index (Phi) is 8.42. The standard InChI is InChI=1S/C29H38FN3O3/c1-20(2)28-23-12-11-22(30)18-21(23)13-14-29(28,36-27(34)19-35-4)15-17-33(3)16-7-10-26-31-24-8-5-6-9-25(24)32-26/h5-6,8-9,11-12,18,20,28H,7,10,13-17,19H2,1-4H3,(H,31,32)/t28-,29+/m1/s1. The molecule has 1 aromatic heterocycles. The van der Waals surface area contributed by atoms with E-state index in [1.165, 1.54) is 13.2 Å². The van der Waals surface area contributed by atoms with E-state index in [0.29, 0.717) is 19.3 Å². The van der Waals surface area contributed by atoms with Crippen LogP contribution in [0.15, 0.2) is 42.5 Å². The van der Waals surface area contributed by atoms with Crippen molar-refractivity contribution in [3.05, 3.63) is 65.2 Å². The van der Waals surface area contributed by atoms with Gasteiger partial charge in [0.15, 0.2) is 0 Å². The maximum absolute atomic E-state index is 14.0. The Labute approximate surface area is 213 Å². The van der Waals surface area contributed by atoms with Crippen LogP contribution in [0.3, 0.4) is 0 Å². The highest BCUT2D eigenvalue weighted by Crippen LogP contribution is 2.48. The molecule has 0 amide bonds. The minimum atomic E-state index is -0.651. The number of para-hydroxylation sites is 2. The molecular formula is C29H38FN3O3. The van der Waals surface area contributed by atoms with E-state index >= 15 is 0 Å². The third-order valence-electron chi connectivity index (χ3n) is 7.38. The van der Waals surface area contributed by atoms with E-state index in [0.717, 1.165) is 53.9 Å². The molecule has 0 saturated heterocycles. The van der Waals surface area contributed by atoms with Crippen molar-refractivity contribution in [1.82, 2.24) is 14.9 Å². The minimum Gasteiger partial charge on any atom is -0.457 e. The molecule has 0 saturated carbocycles. The van der Waals surface area contributed by atoms with E-state index in [9.17, 15) is 9.18 Å². The van der Waals surface area contributed by atoms with Crippen LogP contribution in [0.2, 0.25) is 0 Å². The van der Waals surface area contributed by atoms with Crippen molar-refractivity contribution in [1.29, 1.82) is 0 Å². The van der Waals surface area contributed by atoms with Gasteiger partial charge < -0.3 is 19.4 Å². The van der Waals surface area contributed by atoms with Crippen LogP contribution in [-0.2, 0) is 27.1 Å². The summed E-state index contributed by atoms with van der Waals surface area (Å²) in [5.41, 5.74) is 3.53. The number of rotatable bonds is 11. The van der Waals surface area contributed by atoms with Gasteiger partial charge in [-0.05, 0) is 74.2 Å². The van der Waals surface area contributed by atoms with Crippen LogP contribution in [0, 0.1) is 11.7 Å². The van der Waals surface area contributed by atoms with Gasteiger partial charge in [-0.25, -0.2) is 14.2 Å². The summed E-state index contributed by atoms with van der Waals surface area (Å²) in [6.07, 6.45) is 3.92. The van der Waals surface area contributed by atoms with Crippen LogP contribution in [-0.4, -0.2) is 60.3 Å². The molecule has 6 nitrogen and oxygen atoms in total. The normalized spacial score (nSPS) is 19.7. The number of ether oxygens (including phenoxy) is 2. The molecule has 0 radical (unpaired) electrons. The number of halogens is 1. The first-order valence-electron chi connectivity index (χ1n) is 12.9. The second kappa shape index (κ2) is 11.5. The predicted molar refractivity (Wildman–Crippen MR) is 140 cm³/mol. The van der Waals surface area contributed by atoms with Gasteiger partial charge in [0.05, 0.1) is 11.0 Å². The van der Waals surface area contributed by atoms with Gasteiger partial charge in [0.2, 0.25) is 0 Å². The molecule has 0 aliphatic heterocycles. The summed E-state index contributed by atoms with van der Waals surface area (Å²) in [7, 11) is 3.61. The molecule has 4 rings (SSSR count). The van der Waals surface area contributed by atoms with Gasteiger partial charge in [-0.2, -0.15) is 0 Å². The van der Waals surface area contributed by atoms with Gasteiger partial charge >= 0.3 is 5.97 Å². The lowest BCUT2D eigenvalue weighted by Crippen LogP contribution is -2.49. The molecule has 194 valence electrons. The predicted octanol–water partition coefficient (Wildman–Crippen LogP) is 5.27. The van der Waals surface area contributed by atoms with E-state index in [-0.39, 0.29) is 30.2 Å². The first-order chi connectivity index (χ1) is 17.3. The van der Waals surface area contributed by atoms with Crippen molar-refractivity contribution in [3.8, 4) is 0 Å². The molecule has 36 heavy (non-hydrogen) atoms. The molecule has 3 aromatic rings. The summed E-state index contributed by atoms with van der Waals surface area (Å²) in [6, 6.07) is 13.1. The number of nitrogens with zero attached hydrogens (tertiary/aromatic N) is 2. The number of carbonyl (C=O) groups excluding carboxylic acids is 1. The number of hydrogen-bond acceptors (Lipinski definition) is 5. The van der Waals surface area contributed by atoms with Crippen LogP contribution < -0.4 is 0 Å². The quantitative estimate of drug-likeness (QED) is 0.367. The van der Waals surface area contributed by atoms with Crippen LogP contribution in [0.4, 0.5) is 4.39 Å². The second-order valence-corrected chi connectivity index (χ2v) is 10.4. The van der Waals surface area contributed by atoms with Crippen LogP contribution in [0.5, 0.6) is 0 Å². The highest BCUT2D eigenvalue weighted by Gasteiger charge is 2.47. The van der Waals surface area contributed by atoms with Crippen molar-refractivity contribution in [3.63, 3.8) is 0 Å². The topological polar surface area (TPSA) is 67.5 Å². The number of imidazole rings is 1. The number of benzene rings is 2. The summed E-state index contributed by atoms with van der Waals surface area (Å²) < 4.78 is 25.3. The number of nitrogens with one attached hydrogen (secondary N) is 1. The average Bonchev–Trinajstić information content (AvgIpc) is 3.25. The monoisotopic (exact) mass is 495 g/mol. The van der Waals surface area contributed by atoms with Crippen molar-refractivity contribution >= 4 is 17.0 Å². The Morgan fingerprint density at radius 1 is 1.25 bits per heavy atom. The van der Waals surface area contributed by atoms with Gasteiger partial charge in [0, 0.05) is 32.4 Å². The van der Waals surface area contributed by atoms with Gasteiger partial charge in [-0.15, -0.1) is 0 Å². The molecule has 1 N–H and O–H groups in total. The van der Waals surface area contributed by atoms with E-state index in [1.54, 1.807) is 6.07 Å². The molecule has 1 heterocycles. The molecule has 2 atom stereocenters. The van der Waals surface area contributed by atoms with Gasteiger partial charge in [0.1, 0.15) is 23.8 Å².